The highest BCUT2D eigenvalue weighted by atomic mass is 35.5. The molecule has 7 nitrogen and oxygen atoms in total. The SMILES string of the molecule is CN1CCC(C(=O)Nc2n[nH]c3ccc(-c4cc(N[O-])ccc4Cl)cc23)CC1. The van der Waals surface area contributed by atoms with Crippen molar-refractivity contribution in [1.82, 2.24) is 15.1 Å². The molecule has 1 aromatic heterocycles. The van der Waals surface area contributed by atoms with Crippen molar-refractivity contribution in [3.8, 4) is 11.1 Å². The van der Waals surface area contributed by atoms with Crippen molar-refractivity contribution in [3.63, 3.8) is 0 Å². The second-order valence-corrected chi connectivity index (χ2v) is 7.60. The zero-order chi connectivity index (χ0) is 19.7. The Hall–Kier alpha value is -2.61. The van der Waals surface area contributed by atoms with Crippen LogP contribution in [0.5, 0.6) is 0 Å². The van der Waals surface area contributed by atoms with Gasteiger partial charge in [-0.15, -0.1) is 0 Å². The van der Waals surface area contributed by atoms with Crippen LogP contribution in [0.4, 0.5) is 11.5 Å². The zero-order valence-corrected chi connectivity index (χ0v) is 16.2. The molecule has 2 aromatic carbocycles. The predicted octanol–water partition coefficient (Wildman–Crippen LogP) is 4.07. The molecule has 1 amide bonds. The van der Waals surface area contributed by atoms with Crippen LogP contribution in [-0.4, -0.2) is 41.1 Å². The molecule has 2 heterocycles. The molecule has 1 aliphatic heterocycles. The second kappa shape index (κ2) is 7.79. The lowest BCUT2D eigenvalue weighted by atomic mass is 9.96. The van der Waals surface area contributed by atoms with Crippen molar-refractivity contribution < 1.29 is 4.79 Å². The highest BCUT2D eigenvalue weighted by molar-refractivity contribution is 6.33. The van der Waals surface area contributed by atoms with Gasteiger partial charge in [0.15, 0.2) is 5.82 Å². The summed E-state index contributed by atoms with van der Waals surface area (Å²) in [5.41, 5.74) is 4.71. The number of aromatic nitrogens is 2. The van der Waals surface area contributed by atoms with Gasteiger partial charge < -0.3 is 20.9 Å². The predicted molar refractivity (Wildman–Crippen MR) is 112 cm³/mol. The van der Waals surface area contributed by atoms with E-state index >= 15 is 0 Å². The molecule has 0 unspecified atom stereocenters. The van der Waals surface area contributed by atoms with E-state index in [1.807, 2.05) is 23.7 Å². The van der Waals surface area contributed by atoms with Crippen molar-refractivity contribution in [2.45, 2.75) is 12.8 Å². The van der Waals surface area contributed by atoms with E-state index < -0.39 is 0 Å². The number of likely N-dealkylation sites (tertiary alicyclic amines) is 1. The topological polar surface area (TPSA) is 96.1 Å². The number of fused-ring (bicyclic) bond motifs is 1. The first-order chi connectivity index (χ1) is 13.5. The number of aromatic amines is 1. The summed E-state index contributed by atoms with van der Waals surface area (Å²) in [6.45, 7) is 1.85. The van der Waals surface area contributed by atoms with E-state index in [1.54, 1.807) is 18.2 Å². The van der Waals surface area contributed by atoms with Gasteiger partial charge in [-0.25, -0.2) is 0 Å². The van der Waals surface area contributed by atoms with Crippen LogP contribution in [0, 0.1) is 11.1 Å². The van der Waals surface area contributed by atoms with Crippen molar-refractivity contribution in [2.75, 3.05) is 30.9 Å². The Balaban J connectivity index is 1.63. The van der Waals surface area contributed by atoms with Crippen molar-refractivity contribution in [2.24, 2.45) is 5.92 Å². The van der Waals surface area contributed by atoms with Gasteiger partial charge in [-0.05, 0) is 68.9 Å². The molecule has 0 bridgehead atoms. The van der Waals surface area contributed by atoms with Gasteiger partial charge in [0.25, 0.3) is 0 Å². The lowest BCUT2D eigenvalue weighted by molar-refractivity contribution is -0.121. The quantitative estimate of drug-likeness (QED) is 0.575. The highest BCUT2D eigenvalue weighted by Crippen LogP contribution is 2.34. The van der Waals surface area contributed by atoms with E-state index in [0.29, 0.717) is 16.5 Å². The molecule has 1 saturated heterocycles. The molecule has 0 aliphatic carbocycles. The van der Waals surface area contributed by atoms with Crippen LogP contribution in [0.25, 0.3) is 22.0 Å². The lowest BCUT2D eigenvalue weighted by Crippen LogP contribution is -2.36. The first-order valence-corrected chi connectivity index (χ1v) is 9.58. The molecule has 8 heteroatoms. The molecule has 0 radical (unpaired) electrons. The Morgan fingerprint density at radius 1 is 1.25 bits per heavy atom. The summed E-state index contributed by atoms with van der Waals surface area (Å²) in [6.07, 6.45) is 1.70. The summed E-state index contributed by atoms with van der Waals surface area (Å²) in [6, 6.07) is 10.7. The molecule has 28 heavy (non-hydrogen) atoms. The van der Waals surface area contributed by atoms with Gasteiger partial charge in [-0.1, -0.05) is 17.7 Å². The standard InChI is InChI=1S/C20H21ClN5O2/c1-26-8-6-12(7-9-26)20(27)22-19-16-10-13(2-5-18(16)23-24-19)15-11-14(25-28)3-4-17(15)21/h2-5,10-12,25H,6-9H2,1H3,(H2,22,23,24,27)/q-1. The number of H-pyrrole nitrogens is 1. The number of amides is 1. The molecular formula is C20H21ClN5O2-. The number of hydrogen-bond donors (Lipinski definition) is 3. The average molecular weight is 399 g/mol. The highest BCUT2D eigenvalue weighted by Gasteiger charge is 2.24. The molecule has 1 aliphatic rings. The van der Waals surface area contributed by atoms with Gasteiger partial charge in [0, 0.05) is 27.6 Å². The minimum atomic E-state index is 0.000359. The van der Waals surface area contributed by atoms with E-state index in [4.69, 9.17) is 11.6 Å². The van der Waals surface area contributed by atoms with Gasteiger partial charge in [-0.2, -0.15) is 5.10 Å². The number of benzene rings is 2. The fourth-order valence-corrected chi connectivity index (χ4v) is 3.80. The van der Waals surface area contributed by atoms with Gasteiger partial charge in [0.1, 0.15) is 0 Å². The van der Waals surface area contributed by atoms with Crippen LogP contribution >= 0.6 is 11.6 Å². The Morgan fingerprint density at radius 2 is 2.04 bits per heavy atom. The van der Waals surface area contributed by atoms with E-state index in [2.05, 4.69) is 27.5 Å². The minimum Gasteiger partial charge on any atom is -0.761 e. The summed E-state index contributed by atoms with van der Waals surface area (Å²) >= 11 is 6.32. The van der Waals surface area contributed by atoms with Crippen molar-refractivity contribution >= 4 is 39.9 Å². The maximum atomic E-state index is 12.7. The Bertz CT molecular complexity index is 1010. The number of rotatable bonds is 4. The number of hydrogen-bond acceptors (Lipinski definition) is 5. The zero-order valence-electron chi connectivity index (χ0n) is 15.5. The molecule has 3 N–H and O–H groups in total. The van der Waals surface area contributed by atoms with Gasteiger partial charge in [-0.3, -0.25) is 9.89 Å². The number of piperidine rings is 1. The van der Waals surface area contributed by atoms with Crippen LogP contribution in [0.3, 0.4) is 0 Å². The van der Waals surface area contributed by atoms with Crippen molar-refractivity contribution in [3.05, 3.63) is 46.6 Å². The normalized spacial score (nSPS) is 15.7. The summed E-state index contributed by atoms with van der Waals surface area (Å²) in [7, 11) is 2.07. The third-order valence-corrected chi connectivity index (χ3v) is 5.62. The third kappa shape index (κ3) is 3.69. The van der Waals surface area contributed by atoms with E-state index in [0.717, 1.165) is 48.0 Å². The maximum absolute atomic E-state index is 12.7. The van der Waals surface area contributed by atoms with Crippen LogP contribution in [0.15, 0.2) is 36.4 Å². The minimum absolute atomic E-state index is 0.000359. The molecule has 146 valence electrons. The first-order valence-electron chi connectivity index (χ1n) is 9.21. The number of nitrogens with zero attached hydrogens (tertiary/aromatic N) is 2. The van der Waals surface area contributed by atoms with Crippen molar-refractivity contribution in [1.29, 1.82) is 0 Å². The second-order valence-electron chi connectivity index (χ2n) is 7.20. The van der Waals surface area contributed by atoms with Crippen LogP contribution in [-0.2, 0) is 4.79 Å². The fraction of sp³-hybridized carbons (Fsp3) is 0.300. The monoisotopic (exact) mass is 398 g/mol. The van der Waals surface area contributed by atoms with E-state index in [1.165, 1.54) is 0 Å². The smallest absolute Gasteiger partial charge is 0.228 e. The molecule has 0 spiro atoms. The van der Waals surface area contributed by atoms with Gasteiger partial charge in [0.05, 0.1) is 5.52 Å². The summed E-state index contributed by atoms with van der Waals surface area (Å²) < 4.78 is 0. The molecule has 1 fully saturated rings. The largest absolute Gasteiger partial charge is 0.761 e. The fourth-order valence-electron chi connectivity index (χ4n) is 3.58. The molecule has 0 saturated carbocycles. The van der Waals surface area contributed by atoms with Crippen LogP contribution in [0.2, 0.25) is 5.02 Å². The summed E-state index contributed by atoms with van der Waals surface area (Å²) in [5, 5.41) is 22.5. The number of nitrogens with one attached hydrogen (secondary N) is 3. The summed E-state index contributed by atoms with van der Waals surface area (Å²) in [5.74, 6) is 0.512. The molecular weight excluding hydrogens is 378 g/mol. The molecule has 4 rings (SSSR count). The van der Waals surface area contributed by atoms with E-state index in [9.17, 15) is 10.0 Å². The maximum Gasteiger partial charge on any atom is 0.228 e. The Kier molecular flexibility index (Phi) is 5.21. The number of halogens is 1. The Labute approximate surface area is 167 Å². The van der Waals surface area contributed by atoms with Gasteiger partial charge in [0.2, 0.25) is 5.91 Å². The third-order valence-electron chi connectivity index (χ3n) is 5.29. The first kappa shape index (κ1) is 18.7. The number of carbonyl (C=O) groups is 1. The number of carbonyl (C=O) groups excluding carboxylic acids is 1. The van der Waals surface area contributed by atoms with Crippen LogP contribution in [0.1, 0.15) is 12.8 Å². The number of anilines is 2. The van der Waals surface area contributed by atoms with E-state index in [-0.39, 0.29) is 11.8 Å². The average Bonchev–Trinajstić information content (AvgIpc) is 3.11. The van der Waals surface area contributed by atoms with Crippen LogP contribution < -0.4 is 10.8 Å². The van der Waals surface area contributed by atoms with Gasteiger partial charge >= 0.3 is 0 Å². The molecule has 0 atom stereocenters. The Morgan fingerprint density at radius 3 is 2.79 bits per heavy atom. The molecule has 3 aromatic rings. The summed E-state index contributed by atoms with van der Waals surface area (Å²) in [4.78, 5) is 14.9. The lowest BCUT2D eigenvalue weighted by Gasteiger charge is -2.27.